The molecule has 0 spiro atoms. The Labute approximate surface area is 311 Å². The number of nitrogens with one attached hydrogen (secondary N) is 3. The second-order valence-electron chi connectivity index (χ2n) is 15.9. The number of carbonyl (C=O) groups excluding carboxylic acids is 2. The molecule has 2 aliphatic carbocycles. The third kappa shape index (κ3) is 6.07. The van der Waals surface area contributed by atoms with E-state index in [1.165, 1.54) is 83.9 Å². The minimum atomic E-state index is -0.645. The van der Waals surface area contributed by atoms with Crippen molar-refractivity contribution in [3.05, 3.63) is 83.3 Å². The molecule has 3 fully saturated rings. The van der Waals surface area contributed by atoms with Crippen molar-refractivity contribution in [2.75, 3.05) is 20.2 Å². The van der Waals surface area contributed by atoms with Crippen LogP contribution in [0.4, 0.5) is 4.79 Å². The Balaban J connectivity index is 0.981. The number of allylic oxidation sites excluding steroid dienone is 1. The Hall–Kier alpha value is -4.76. The average molecular weight is 711 g/mol. The van der Waals surface area contributed by atoms with E-state index in [1.54, 1.807) is 5.56 Å². The van der Waals surface area contributed by atoms with Gasteiger partial charge in [-0.3, -0.25) is 9.79 Å². The summed E-state index contributed by atoms with van der Waals surface area (Å²) in [4.78, 5) is 41.4. The number of imidazole rings is 1. The van der Waals surface area contributed by atoms with E-state index in [-0.39, 0.29) is 17.9 Å². The van der Waals surface area contributed by atoms with Crippen LogP contribution < -0.4 is 10.6 Å². The Bertz CT molecular complexity index is 2130. The molecule has 9 rings (SSSR count). The van der Waals surface area contributed by atoms with Gasteiger partial charge in [0.05, 0.1) is 24.2 Å². The highest BCUT2D eigenvalue weighted by atomic mass is 16.5. The molecule has 6 atom stereocenters. The third-order valence-corrected chi connectivity index (χ3v) is 12.9. The fraction of sp³-hybridized carbons (Fsp3) is 0.455. The van der Waals surface area contributed by atoms with Gasteiger partial charge in [0, 0.05) is 30.9 Å². The van der Waals surface area contributed by atoms with Gasteiger partial charge in [-0.1, -0.05) is 62.7 Å². The molecule has 1 saturated carbocycles. The van der Waals surface area contributed by atoms with Crippen molar-refractivity contribution in [2.24, 2.45) is 10.9 Å². The third-order valence-electron chi connectivity index (χ3n) is 12.9. The van der Waals surface area contributed by atoms with Crippen LogP contribution in [-0.2, 0) is 9.53 Å². The second kappa shape index (κ2) is 13.9. The lowest BCUT2D eigenvalue weighted by Crippen LogP contribution is -2.51. The van der Waals surface area contributed by atoms with E-state index >= 15 is 0 Å². The number of ether oxygens (including phenoxy) is 1. The van der Waals surface area contributed by atoms with Crippen LogP contribution in [0.1, 0.15) is 112 Å². The number of hydrogen-bond acceptors (Lipinski definition) is 6. The first-order valence-corrected chi connectivity index (χ1v) is 19.8. The summed E-state index contributed by atoms with van der Waals surface area (Å²) in [7, 11) is 1.33. The predicted octanol–water partition coefficient (Wildman–Crippen LogP) is 8.63. The number of alkyl carbamates (subject to hydrolysis) is 1. The summed E-state index contributed by atoms with van der Waals surface area (Å²) in [6.07, 6.45) is 11.1. The molecule has 0 radical (unpaired) electrons. The van der Waals surface area contributed by atoms with Gasteiger partial charge < -0.3 is 25.3 Å². The first kappa shape index (κ1) is 34.0. The Kier molecular flexibility index (Phi) is 8.93. The number of carbonyl (C=O) groups is 2. The van der Waals surface area contributed by atoms with E-state index in [0.29, 0.717) is 24.4 Å². The number of fused-ring (bicyclic) bond motifs is 6. The number of rotatable bonds is 9. The number of likely N-dealkylation sites (tertiary alicyclic amines) is 1. The van der Waals surface area contributed by atoms with Gasteiger partial charge in [-0.25, -0.2) is 9.78 Å². The topological polar surface area (TPSA) is 112 Å². The van der Waals surface area contributed by atoms with Crippen LogP contribution in [0.2, 0.25) is 0 Å². The maximum absolute atomic E-state index is 13.9. The Morgan fingerprint density at radius 2 is 1.68 bits per heavy atom. The zero-order valence-corrected chi connectivity index (χ0v) is 31.1. The van der Waals surface area contributed by atoms with Gasteiger partial charge in [0.1, 0.15) is 11.9 Å². The standard InChI is InChI=1S/C44H50N6O3/c1-4-25(2)41(49-44(52)53-3)43(51)50-20-6-8-38(50)42-47-35-18-15-28(22-37(35)48-42)33-17-16-32(39-29-13-14-30(21-29)40(33)39)27-11-9-26(10-12-27)31-23-36(46-24-31)34-7-5-19-45-34/h9-12,15-18,22,24-25,29-30,34,38,41,45H,4-8,13-14,19-21,23H2,1-3H3,(H,47,48)(H,49,52)/t25?,29?,30?,34?,38?,41-/m0/s1. The maximum atomic E-state index is 13.9. The molecule has 9 heteroatoms. The number of nitrogens with zero attached hydrogens (tertiary/aromatic N) is 3. The molecule has 2 saturated heterocycles. The molecule has 2 amide bonds. The average Bonchev–Trinajstić information content (AvgIpc) is 4.05. The Morgan fingerprint density at radius 1 is 0.943 bits per heavy atom. The van der Waals surface area contributed by atoms with E-state index in [9.17, 15) is 9.59 Å². The van der Waals surface area contributed by atoms with Gasteiger partial charge >= 0.3 is 6.09 Å². The number of H-pyrrole nitrogens is 1. The maximum Gasteiger partial charge on any atom is 0.407 e. The lowest BCUT2D eigenvalue weighted by Gasteiger charge is -2.30. The number of hydrogen-bond donors (Lipinski definition) is 3. The van der Waals surface area contributed by atoms with E-state index in [1.807, 2.05) is 18.7 Å². The van der Waals surface area contributed by atoms with Gasteiger partial charge in [-0.2, -0.15) is 0 Å². The molecule has 274 valence electrons. The van der Waals surface area contributed by atoms with Crippen LogP contribution in [-0.4, -0.2) is 64.9 Å². The quantitative estimate of drug-likeness (QED) is 0.161. The normalized spacial score (nSPS) is 24.3. The first-order chi connectivity index (χ1) is 25.9. The van der Waals surface area contributed by atoms with Gasteiger partial charge in [0.15, 0.2) is 0 Å². The van der Waals surface area contributed by atoms with Crippen LogP contribution in [0, 0.1) is 5.92 Å². The molecule has 4 heterocycles. The van der Waals surface area contributed by atoms with Crippen LogP contribution in [0.15, 0.2) is 65.8 Å². The highest BCUT2D eigenvalue weighted by Crippen LogP contribution is 2.58. The van der Waals surface area contributed by atoms with Crippen LogP contribution in [0.3, 0.4) is 0 Å². The lowest BCUT2D eigenvalue weighted by molar-refractivity contribution is -0.135. The Morgan fingerprint density at radius 3 is 2.40 bits per heavy atom. The van der Waals surface area contributed by atoms with Crippen LogP contribution in [0.25, 0.3) is 38.9 Å². The van der Waals surface area contributed by atoms with Crippen molar-refractivity contribution < 1.29 is 14.3 Å². The number of methoxy groups -OCH3 is 1. The van der Waals surface area contributed by atoms with E-state index < -0.39 is 12.1 Å². The monoisotopic (exact) mass is 710 g/mol. The van der Waals surface area contributed by atoms with E-state index in [4.69, 9.17) is 14.7 Å². The van der Waals surface area contributed by atoms with Crippen molar-refractivity contribution in [1.82, 2.24) is 25.5 Å². The van der Waals surface area contributed by atoms with Crippen LogP contribution in [0.5, 0.6) is 0 Å². The molecule has 1 aromatic heterocycles. The largest absolute Gasteiger partial charge is 0.453 e. The molecular formula is C44H50N6O3. The van der Waals surface area contributed by atoms with E-state index in [0.717, 1.165) is 49.1 Å². The molecule has 9 nitrogen and oxygen atoms in total. The van der Waals surface area contributed by atoms with Crippen molar-refractivity contribution in [3.8, 4) is 22.3 Å². The highest BCUT2D eigenvalue weighted by molar-refractivity contribution is 6.01. The van der Waals surface area contributed by atoms with Crippen molar-refractivity contribution in [3.63, 3.8) is 0 Å². The van der Waals surface area contributed by atoms with Crippen molar-refractivity contribution >= 4 is 34.3 Å². The SMILES string of the molecule is CCC(C)[C@H](NC(=O)OC)C(=O)N1CCCC1c1nc2ccc(-c3ccc(-c4ccc(C5=CN=C(C6CCCN6)C5)cc4)c4c3C3CCC4C3)cc2[nH]1. The summed E-state index contributed by atoms with van der Waals surface area (Å²) in [5.41, 5.74) is 14.0. The lowest BCUT2D eigenvalue weighted by atomic mass is 9.81. The second-order valence-corrected chi connectivity index (χ2v) is 15.9. The number of aliphatic imine (C=N–C) groups is 1. The number of amides is 2. The molecular weight excluding hydrogens is 661 g/mol. The van der Waals surface area contributed by atoms with Gasteiger partial charge in [-0.15, -0.1) is 0 Å². The minimum Gasteiger partial charge on any atom is -0.453 e. The summed E-state index contributed by atoms with van der Waals surface area (Å²) < 4.78 is 4.85. The minimum absolute atomic E-state index is 0.0269. The van der Waals surface area contributed by atoms with Gasteiger partial charge in [0.25, 0.3) is 0 Å². The molecule has 3 aromatic carbocycles. The smallest absolute Gasteiger partial charge is 0.407 e. The summed E-state index contributed by atoms with van der Waals surface area (Å²) in [6.45, 7) is 5.75. The summed E-state index contributed by atoms with van der Waals surface area (Å²) in [5, 5.41) is 6.40. The molecule has 2 bridgehead atoms. The number of aromatic nitrogens is 2. The molecule has 4 aromatic rings. The van der Waals surface area contributed by atoms with Crippen molar-refractivity contribution in [1.29, 1.82) is 0 Å². The van der Waals surface area contributed by atoms with Gasteiger partial charge in [0.2, 0.25) is 5.91 Å². The van der Waals surface area contributed by atoms with Crippen LogP contribution >= 0.6 is 0 Å². The highest BCUT2D eigenvalue weighted by Gasteiger charge is 2.41. The number of benzene rings is 3. The molecule has 53 heavy (non-hydrogen) atoms. The molecule has 5 unspecified atom stereocenters. The fourth-order valence-corrected chi connectivity index (χ4v) is 9.91. The zero-order valence-electron chi connectivity index (χ0n) is 31.1. The summed E-state index contributed by atoms with van der Waals surface area (Å²) in [5.74, 6) is 1.90. The molecule has 5 aliphatic rings. The van der Waals surface area contributed by atoms with Gasteiger partial charge in [-0.05, 0) is 126 Å². The summed E-state index contributed by atoms with van der Waals surface area (Å²) >= 11 is 0. The fourth-order valence-electron chi connectivity index (χ4n) is 9.91. The zero-order chi connectivity index (χ0) is 36.2. The first-order valence-electron chi connectivity index (χ1n) is 19.8. The predicted molar refractivity (Wildman–Crippen MR) is 210 cm³/mol. The van der Waals surface area contributed by atoms with Crippen molar-refractivity contribution in [2.45, 2.75) is 102 Å². The summed E-state index contributed by atoms with van der Waals surface area (Å²) in [6, 6.07) is 20.1. The molecule has 3 aliphatic heterocycles. The number of aromatic amines is 1. The molecule has 3 N–H and O–H groups in total. The van der Waals surface area contributed by atoms with E-state index in [2.05, 4.69) is 76.4 Å².